The fourth-order valence-electron chi connectivity index (χ4n) is 1.74. The molecule has 1 N–H and O–H groups in total. The minimum atomic E-state index is -0.627. The molecule has 0 radical (unpaired) electrons. The van der Waals surface area contributed by atoms with E-state index in [9.17, 15) is 8.78 Å². The molecule has 2 aromatic rings. The molecule has 0 fully saturated rings. The van der Waals surface area contributed by atoms with Gasteiger partial charge in [-0.05, 0) is 36.9 Å². The molecule has 0 bridgehead atoms. The molecule has 0 amide bonds. The maximum absolute atomic E-state index is 13.6. The summed E-state index contributed by atoms with van der Waals surface area (Å²) in [5.41, 5.74) is 1.46. The first kappa shape index (κ1) is 14.5. The van der Waals surface area contributed by atoms with Gasteiger partial charge < -0.3 is 5.32 Å². The molecule has 102 valence electrons. The standard InChI is InChI=1S/C15H12F2N2S/c1-19-9-10-2-4-14(11(6-10)8-18)20-15-5-3-12(16)7-13(15)17/h2-7,19H,9H2,1H3. The van der Waals surface area contributed by atoms with E-state index in [4.69, 9.17) is 5.26 Å². The van der Waals surface area contributed by atoms with E-state index in [1.54, 1.807) is 12.1 Å². The Kier molecular flexibility index (Phi) is 4.72. The third kappa shape index (κ3) is 3.35. The zero-order valence-electron chi connectivity index (χ0n) is 10.8. The average Bonchev–Trinajstić information content (AvgIpc) is 2.43. The van der Waals surface area contributed by atoms with E-state index in [0.29, 0.717) is 21.9 Å². The molecule has 0 aromatic heterocycles. The normalized spacial score (nSPS) is 10.3. The summed E-state index contributed by atoms with van der Waals surface area (Å²) in [6.07, 6.45) is 0. The van der Waals surface area contributed by atoms with E-state index < -0.39 is 11.6 Å². The van der Waals surface area contributed by atoms with E-state index in [1.165, 1.54) is 12.1 Å². The number of hydrogen-bond acceptors (Lipinski definition) is 3. The summed E-state index contributed by atoms with van der Waals surface area (Å²) in [4.78, 5) is 0.946. The Bertz CT molecular complexity index is 665. The van der Waals surface area contributed by atoms with Gasteiger partial charge >= 0.3 is 0 Å². The van der Waals surface area contributed by atoms with E-state index in [0.717, 1.165) is 23.4 Å². The van der Waals surface area contributed by atoms with Crippen molar-refractivity contribution in [3.63, 3.8) is 0 Å². The minimum Gasteiger partial charge on any atom is -0.316 e. The molecular weight excluding hydrogens is 278 g/mol. The summed E-state index contributed by atoms with van der Waals surface area (Å²) in [6, 6.07) is 10.9. The first-order valence-corrected chi connectivity index (χ1v) is 6.76. The van der Waals surface area contributed by atoms with Gasteiger partial charge in [0.1, 0.15) is 17.7 Å². The van der Waals surface area contributed by atoms with E-state index in [2.05, 4.69) is 11.4 Å². The Morgan fingerprint density at radius 2 is 1.90 bits per heavy atom. The Hall–Kier alpha value is -1.90. The van der Waals surface area contributed by atoms with Crippen molar-refractivity contribution >= 4 is 11.8 Å². The van der Waals surface area contributed by atoms with Crippen LogP contribution in [-0.4, -0.2) is 7.05 Å². The molecule has 0 spiro atoms. The second-order valence-corrected chi connectivity index (χ2v) is 5.23. The molecule has 0 aliphatic rings. The van der Waals surface area contributed by atoms with Crippen LogP contribution < -0.4 is 5.32 Å². The number of nitrogens with one attached hydrogen (secondary N) is 1. The van der Waals surface area contributed by atoms with Gasteiger partial charge in [-0.15, -0.1) is 0 Å². The van der Waals surface area contributed by atoms with Crippen molar-refractivity contribution in [1.29, 1.82) is 5.26 Å². The summed E-state index contributed by atoms with van der Waals surface area (Å²) in [6.45, 7) is 0.657. The molecule has 0 heterocycles. The summed E-state index contributed by atoms with van der Waals surface area (Å²) < 4.78 is 26.5. The minimum absolute atomic E-state index is 0.296. The largest absolute Gasteiger partial charge is 0.316 e. The molecule has 20 heavy (non-hydrogen) atoms. The average molecular weight is 290 g/mol. The van der Waals surface area contributed by atoms with Crippen molar-refractivity contribution in [2.24, 2.45) is 0 Å². The molecule has 0 unspecified atom stereocenters. The maximum atomic E-state index is 13.6. The predicted octanol–water partition coefficient (Wildman–Crippen LogP) is 3.71. The molecule has 0 saturated carbocycles. The fraction of sp³-hybridized carbons (Fsp3) is 0.133. The van der Waals surface area contributed by atoms with Crippen molar-refractivity contribution < 1.29 is 8.78 Å². The Morgan fingerprint density at radius 1 is 1.15 bits per heavy atom. The number of benzene rings is 2. The Labute approximate surface area is 120 Å². The van der Waals surface area contributed by atoms with Gasteiger partial charge in [0.25, 0.3) is 0 Å². The molecule has 2 aromatic carbocycles. The zero-order valence-corrected chi connectivity index (χ0v) is 11.6. The summed E-state index contributed by atoms with van der Waals surface area (Å²) in [5, 5.41) is 12.2. The van der Waals surface area contributed by atoms with Crippen molar-refractivity contribution in [3.05, 3.63) is 59.2 Å². The lowest BCUT2D eigenvalue weighted by molar-refractivity contribution is 0.565. The SMILES string of the molecule is CNCc1ccc(Sc2ccc(F)cc2F)c(C#N)c1. The molecule has 0 atom stereocenters. The Morgan fingerprint density at radius 3 is 2.55 bits per heavy atom. The third-order valence-corrected chi connectivity index (χ3v) is 3.79. The second-order valence-electron chi connectivity index (χ2n) is 4.15. The highest BCUT2D eigenvalue weighted by Crippen LogP contribution is 2.32. The monoisotopic (exact) mass is 290 g/mol. The van der Waals surface area contributed by atoms with Crippen LogP contribution in [0.15, 0.2) is 46.2 Å². The number of nitrogens with zero attached hydrogens (tertiary/aromatic N) is 1. The highest BCUT2D eigenvalue weighted by atomic mass is 32.2. The fourth-order valence-corrected chi connectivity index (χ4v) is 2.62. The van der Waals surface area contributed by atoms with Crippen molar-refractivity contribution in [2.75, 3.05) is 7.05 Å². The van der Waals surface area contributed by atoms with Crippen LogP contribution in [0.25, 0.3) is 0 Å². The lowest BCUT2D eigenvalue weighted by atomic mass is 10.1. The molecule has 0 aliphatic heterocycles. The quantitative estimate of drug-likeness (QED) is 0.932. The number of rotatable bonds is 4. The number of hydrogen-bond donors (Lipinski definition) is 1. The van der Waals surface area contributed by atoms with Crippen LogP contribution in [0, 0.1) is 23.0 Å². The molecule has 2 nitrogen and oxygen atoms in total. The topological polar surface area (TPSA) is 35.8 Å². The van der Waals surface area contributed by atoms with Crippen LogP contribution in [0.5, 0.6) is 0 Å². The van der Waals surface area contributed by atoms with Crippen LogP contribution in [0.3, 0.4) is 0 Å². The van der Waals surface area contributed by atoms with Crippen molar-refractivity contribution in [3.8, 4) is 6.07 Å². The molecule has 0 aliphatic carbocycles. The lowest BCUT2D eigenvalue weighted by Gasteiger charge is -2.07. The number of nitriles is 1. The Balaban J connectivity index is 2.31. The summed E-state index contributed by atoms with van der Waals surface area (Å²) in [5.74, 6) is -1.24. The molecule has 0 saturated heterocycles. The number of halogens is 2. The van der Waals surface area contributed by atoms with Crippen molar-refractivity contribution in [2.45, 2.75) is 16.3 Å². The van der Waals surface area contributed by atoms with Crippen LogP contribution in [0.4, 0.5) is 8.78 Å². The van der Waals surface area contributed by atoms with Crippen LogP contribution in [-0.2, 0) is 6.54 Å². The maximum Gasteiger partial charge on any atom is 0.140 e. The molecule has 2 rings (SSSR count). The van der Waals surface area contributed by atoms with Crippen LogP contribution in [0.2, 0.25) is 0 Å². The molecular formula is C15H12F2N2S. The van der Waals surface area contributed by atoms with Gasteiger partial charge in [-0.1, -0.05) is 17.8 Å². The molecule has 5 heteroatoms. The van der Waals surface area contributed by atoms with Gasteiger partial charge in [0, 0.05) is 22.4 Å². The third-order valence-electron chi connectivity index (χ3n) is 2.66. The first-order valence-electron chi connectivity index (χ1n) is 5.94. The van der Waals surface area contributed by atoms with Gasteiger partial charge in [-0.3, -0.25) is 0 Å². The van der Waals surface area contributed by atoms with Gasteiger partial charge in [0.15, 0.2) is 0 Å². The first-order chi connectivity index (χ1) is 9.63. The zero-order chi connectivity index (χ0) is 14.5. The van der Waals surface area contributed by atoms with Crippen LogP contribution >= 0.6 is 11.8 Å². The van der Waals surface area contributed by atoms with Gasteiger partial charge in [0.2, 0.25) is 0 Å². The predicted molar refractivity (Wildman–Crippen MR) is 74.4 cm³/mol. The van der Waals surface area contributed by atoms with Crippen molar-refractivity contribution in [1.82, 2.24) is 5.32 Å². The van der Waals surface area contributed by atoms with Gasteiger partial charge in [-0.2, -0.15) is 5.26 Å². The van der Waals surface area contributed by atoms with Crippen LogP contribution in [0.1, 0.15) is 11.1 Å². The van der Waals surface area contributed by atoms with Gasteiger partial charge in [-0.25, -0.2) is 8.78 Å². The summed E-state index contributed by atoms with van der Waals surface area (Å²) >= 11 is 1.12. The second kappa shape index (κ2) is 6.51. The van der Waals surface area contributed by atoms with Gasteiger partial charge in [0.05, 0.1) is 5.56 Å². The summed E-state index contributed by atoms with van der Waals surface area (Å²) in [7, 11) is 1.82. The van der Waals surface area contributed by atoms with E-state index in [1.807, 2.05) is 13.1 Å². The lowest BCUT2D eigenvalue weighted by Crippen LogP contribution is -2.05. The highest BCUT2D eigenvalue weighted by Gasteiger charge is 2.09. The smallest absolute Gasteiger partial charge is 0.140 e. The van der Waals surface area contributed by atoms with E-state index >= 15 is 0 Å². The highest BCUT2D eigenvalue weighted by molar-refractivity contribution is 7.99. The van der Waals surface area contributed by atoms with E-state index in [-0.39, 0.29) is 0 Å².